The molecule has 23 heavy (non-hydrogen) atoms. The number of furan rings is 1. The lowest BCUT2D eigenvalue weighted by Gasteiger charge is -2.17. The standard InChI is InChI=1S/C17H20N2O4/c1-10-6-5-7-15(11(10)2)23-13(4)16(20)18-19-17(21)14-8-9-22-12(14)3/h5-9,13H,1-4H3,(H,18,20)(H,19,21). The Hall–Kier alpha value is -2.76. The van der Waals surface area contributed by atoms with Gasteiger partial charge < -0.3 is 9.15 Å². The molecule has 1 heterocycles. The minimum absolute atomic E-state index is 0.369. The number of hydrogen-bond acceptors (Lipinski definition) is 4. The second-order valence-corrected chi connectivity index (χ2v) is 5.29. The van der Waals surface area contributed by atoms with E-state index in [-0.39, 0.29) is 0 Å². The molecule has 0 aliphatic heterocycles. The van der Waals surface area contributed by atoms with Gasteiger partial charge in [-0.15, -0.1) is 0 Å². The maximum atomic E-state index is 12.0. The van der Waals surface area contributed by atoms with Crippen molar-refractivity contribution in [3.05, 3.63) is 53.0 Å². The monoisotopic (exact) mass is 316 g/mol. The van der Waals surface area contributed by atoms with Crippen molar-refractivity contribution in [2.75, 3.05) is 0 Å². The summed E-state index contributed by atoms with van der Waals surface area (Å²) in [6, 6.07) is 7.18. The fraction of sp³-hybridized carbons (Fsp3) is 0.294. The molecule has 6 heteroatoms. The van der Waals surface area contributed by atoms with Crippen LogP contribution in [0.15, 0.2) is 34.9 Å². The van der Waals surface area contributed by atoms with Crippen molar-refractivity contribution in [3.8, 4) is 5.75 Å². The number of benzene rings is 1. The summed E-state index contributed by atoms with van der Waals surface area (Å²) in [6.07, 6.45) is 0.666. The van der Waals surface area contributed by atoms with Crippen LogP contribution in [0.25, 0.3) is 0 Å². The zero-order valence-corrected chi connectivity index (χ0v) is 13.6. The highest BCUT2D eigenvalue weighted by Gasteiger charge is 2.18. The number of hydrogen-bond donors (Lipinski definition) is 2. The van der Waals surface area contributed by atoms with Crippen molar-refractivity contribution in [3.63, 3.8) is 0 Å². The van der Waals surface area contributed by atoms with E-state index in [0.29, 0.717) is 17.1 Å². The van der Waals surface area contributed by atoms with Crippen molar-refractivity contribution in [2.45, 2.75) is 33.8 Å². The predicted octanol–water partition coefficient (Wildman–Crippen LogP) is 2.43. The fourth-order valence-electron chi connectivity index (χ4n) is 2.00. The molecule has 2 N–H and O–H groups in total. The summed E-state index contributed by atoms with van der Waals surface area (Å²) in [4.78, 5) is 23.9. The highest BCUT2D eigenvalue weighted by Crippen LogP contribution is 2.21. The van der Waals surface area contributed by atoms with Crippen molar-refractivity contribution in [1.29, 1.82) is 0 Å². The summed E-state index contributed by atoms with van der Waals surface area (Å²) in [5.74, 6) is 0.241. The molecule has 2 rings (SSSR count). The van der Waals surface area contributed by atoms with Crippen LogP contribution in [0.2, 0.25) is 0 Å². The summed E-state index contributed by atoms with van der Waals surface area (Å²) in [5.41, 5.74) is 7.11. The van der Waals surface area contributed by atoms with Gasteiger partial charge >= 0.3 is 0 Å². The highest BCUT2D eigenvalue weighted by molar-refractivity contribution is 5.96. The molecule has 2 amide bonds. The first kappa shape index (κ1) is 16.6. The molecule has 2 aromatic rings. The number of rotatable bonds is 4. The second-order valence-electron chi connectivity index (χ2n) is 5.29. The molecule has 1 aromatic carbocycles. The summed E-state index contributed by atoms with van der Waals surface area (Å²) < 4.78 is 10.7. The van der Waals surface area contributed by atoms with Crippen LogP contribution in [0, 0.1) is 20.8 Å². The van der Waals surface area contributed by atoms with Crippen LogP contribution in [-0.2, 0) is 4.79 Å². The Balaban J connectivity index is 1.91. The molecule has 1 aromatic heterocycles. The normalized spacial score (nSPS) is 11.7. The number of hydrazine groups is 1. The lowest BCUT2D eigenvalue weighted by Crippen LogP contribution is -2.47. The summed E-state index contributed by atoms with van der Waals surface area (Å²) in [7, 11) is 0. The number of ether oxygens (including phenoxy) is 1. The zero-order chi connectivity index (χ0) is 17.0. The van der Waals surface area contributed by atoms with Crippen LogP contribution in [0.4, 0.5) is 0 Å². The third-order valence-electron chi connectivity index (χ3n) is 3.63. The van der Waals surface area contributed by atoms with E-state index in [2.05, 4.69) is 10.9 Å². The molecule has 0 aliphatic rings. The highest BCUT2D eigenvalue weighted by atomic mass is 16.5. The third kappa shape index (κ3) is 3.91. The van der Waals surface area contributed by atoms with Crippen LogP contribution in [0.5, 0.6) is 5.75 Å². The maximum absolute atomic E-state index is 12.0. The van der Waals surface area contributed by atoms with Gasteiger partial charge in [0.05, 0.1) is 11.8 Å². The van der Waals surface area contributed by atoms with Gasteiger partial charge in [-0.25, -0.2) is 0 Å². The van der Waals surface area contributed by atoms with Crippen LogP contribution in [0.3, 0.4) is 0 Å². The van der Waals surface area contributed by atoms with Crippen LogP contribution in [0.1, 0.15) is 34.2 Å². The molecule has 0 fully saturated rings. The Morgan fingerprint density at radius 1 is 1.13 bits per heavy atom. The van der Waals surface area contributed by atoms with E-state index in [1.165, 1.54) is 12.3 Å². The molecule has 0 saturated carbocycles. The Morgan fingerprint density at radius 3 is 2.52 bits per heavy atom. The van der Waals surface area contributed by atoms with Crippen molar-refractivity contribution < 1.29 is 18.7 Å². The van der Waals surface area contributed by atoms with E-state index in [0.717, 1.165) is 11.1 Å². The van der Waals surface area contributed by atoms with Gasteiger partial charge in [-0.05, 0) is 51.0 Å². The molecule has 122 valence electrons. The van der Waals surface area contributed by atoms with E-state index in [4.69, 9.17) is 9.15 Å². The Labute approximate surface area is 134 Å². The average Bonchev–Trinajstić information content (AvgIpc) is 2.95. The van der Waals surface area contributed by atoms with Gasteiger partial charge in [-0.2, -0.15) is 0 Å². The molecule has 1 unspecified atom stereocenters. The van der Waals surface area contributed by atoms with Gasteiger partial charge in [0.15, 0.2) is 6.10 Å². The molecule has 0 radical (unpaired) electrons. The van der Waals surface area contributed by atoms with Gasteiger partial charge in [0, 0.05) is 0 Å². The molecular formula is C17H20N2O4. The molecule has 6 nitrogen and oxygen atoms in total. The predicted molar refractivity (Wildman–Crippen MR) is 85.1 cm³/mol. The number of aryl methyl sites for hydroxylation is 2. The SMILES string of the molecule is Cc1cccc(OC(C)C(=O)NNC(=O)c2ccoc2C)c1C. The summed E-state index contributed by atoms with van der Waals surface area (Å²) >= 11 is 0. The topological polar surface area (TPSA) is 80.6 Å². The van der Waals surface area contributed by atoms with Crippen LogP contribution < -0.4 is 15.6 Å². The number of nitrogens with one attached hydrogen (secondary N) is 2. The van der Waals surface area contributed by atoms with Gasteiger partial charge in [0.1, 0.15) is 11.5 Å². The Kier molecular flexibility index (Phi) is 5.05. The van der Waals surface area contributed by atoms with E-state index < -0.39 is 17.9 Å². The average molecular weight is 316 g/mol. The molecule has 0 aliphatic carbocycles. The second kappa shape index (κ2) is 7.00. The smallest absolute Gasteiger partial charge is 0.279 e. The first-order valence-corrected chi connectivity index (χ1v) is 7.27. The van der Waals surface area contributed by atoms with Crippen molar-refractivity contribution in [1.82, 2.24) is 10.9 Å². The lowest BCUT2D eigenvalue weighted by atomic mass is 10.1. The van der Waals surface area contributed by atoms with E-state index >= 15 is 0 Å². The van der Waals surface area contributed by atoms with Gasteiger partial charge in [0.2, 0.25) is 0 Å². The quantitative estimate of drug-likeness (QED) is 0.849. The lowest BCUT2D eigenvalue weighted by molar-refractivity contribution is -0.128. The number of carbonyl (C=O) groups excluding carboxylic acids is 2. The first-order chi connectivity index (χ1) is 10.9. The van der Waals surface area contributed by atoms with Gasteiger partial charge in [0.25, 0.3) is 11.8 Å². The summed E-state index contributed by atoms with van der Waals surface area (Å²) in [6.45, 7) is 7.19. The van der Waals surface area contributed by atoms with E-state index in [1.807, 2.05) is 26.0 Å². The Morgan fingerprint density at radius 2 is 1.87 bits per heavy atom. The molecular weight excluding hydrogens is 296 g/mol. The van der Waals surface area contributed by atoms with Crippen LogP contribution in [-0.4, -0.2) is 17.9 Å². The van der Waals surface area contributed by atoms with Crippen LogP contribution >= 0.6 is 0 Å². The summed E-state index contributed by atoms with van der Waals surface area (Å²) in [5, 5.41) is 0. The minimum Gasteiger partial charge on any atom is -0.481 e. The van der Waals surface area contributed by atoms with Crippen molar-refractivity contribution in [2.24, 2.45) is 0 Å². The Bertz CT molecular complexity index is 721. The maximum Gasteiger partial charge on any atom is 0.279 e. The molecule has 1 atom stereocenters. The minimum atomic E-state index is -0.749. The third-order valence-corrected chi connectivity index (χ3v) is 3.63. The number of amides is 2. The zero-order valence-electron chi connectivity index (χ0n) is 13.6. The molecule has 0 bridgehead atoms. The fourth-order valence-corrected chi connectivity index (χ4v) is 2.00. The van der Waals surface area contributed by atoms with E-state index in [9.17, 15) is 9.59 Å². The largest absolute Gasteiger partial charge is 0.481 e. The van der Waals surface area contributed by atoms with Gasteiger partial charge in [-0.3, -0.25) is 20.4 Å². The first-order valence-electron chi connectivity index (χ1n) is 7.27. The molecule has 0 spiro atoms. The van der Waals surface area contributed by atoms with Crippen molar-refractivity contribution >= 4 is 11.8 Å². The molecule has 0 saturated heterocycles. The number of carbonyl (C=O) groups is 2. The van der Waals surface area contributed by atoms with Gasteiger partial charge in [-0.1, -0.05) is 12.1 Å². The van der Waals surface area contributed by atoms with E-state index in [1.54, 1.807) is 19.9 Å².